The number of rotatable bonds is 8. The number of likely N-dealkylation sites (N-methyl/N-ethyl adjacent to an activating group) is 1. The van der Waals surface area contributed by atoms with Gasteiger partial charge >= 0.3 is 5.97 Å². The summed E-state index contributed by atoms with van der Waals surface area (Å²) in [5, 5.41) is 0. The monoisotopic (exact) mass is 469 g/mol. The Morgan fingerprint density at radius 1 is 1.12 bits per heavy atom. The molecule has 1 aliphatic heterocycles. The molecule has 1 heterocycles. The maximum Gasteiger partial charge on any atom is 0.309 e. The van der Waals surface area contributed by atoms with Crippen molar-refractivity contribution in [2.24, 2.45) is 5.92 Å². The van der Waals surface area contributed by atoms with Crippen LogP contribution in [0.1, 0.15) is 30.1 Å². The van der Waals surface area contributed by atoms with E-state index in [0.29, 0.717) is 32.5 Å². The molecule has 32 heavy (non-hydrogen) atoms. The number of amides is 2. The molecule has 0 unspecified atom stereocenters. The van der Waals surface area contributed by atoms with Crippen LogP contribution in [0.15, 0.2) is 23.1 Å². The van der Waals surface area contributed by atoms with Crippen LogP contribution in [0.2, 0.25) is 0 Å². The highest BCUT2D eigenvalue weighted by Crippen LogP contribution is 2.27. The van der Waals surface area contributed by atoms with Crippen molar-refractivity contribution < 1.29 is 32.3 Å². The highest BCUT2D eigenvalue weighted by atomic mass is 32.2. The quantitative estimate of drug-likeness (QED) is 0.518. The summed E-state index contributed by atoms with van der Waals surface area (Å²) >= 11 is 0. The molecule has 1 aromatic carbocycles. The fraction of sp³-hybridized carbons (Fsp3) is 0.571. The van der Waals surface area contributed by atoms with Gasteiger partial charge in [0.05, 0.1) is 26.2 Å². The Balaban J connectivity index is 2.07. The van der Waals surface area contributed by atoms with Crippen LogP contribution in [-0.4, -0.2) is 94.8 Å². The predicted octanol–water partition coefficient (Wildman–Crippen LogP) is 0.819. The molecule has 1 aliphatic rings. The Morgan fingerprint density at radius 2 is 1.75 bits per heavy atom. The predicted molar refractivity (Wildman–Crippen MR) is 117 cm³/mol. The molecule has 2 amide bonds. The smallest absolute Gasteiger partial charge is 0.309 e. The molecule has 178 valence electrons. The fourth-order valence-electron chi connectivity index (χ4n) is 3.43. The number of ether oxygens (including phenoxy) is 2. The number of carbonyl (C=O) groups is 3. The fourth-order valence-corrected chi connectivity index (χ4v) is 4.50. The number of methoxy groups -OCH3 is 1. The molecule has 0 bridgehead atoms. The van der Waals surface area contributed by atoms with Crippen molar-refractivity contribution in [1.29, 1.82) is 0 Å². The van der Waals surface area contributed by atoms with Gasteiger partial charge < -0.3 is 19.3 Å². The number of benzene rings is 1. The summed E-state index contributed by atoms with van der Waals surface area (Å²) < 4.78 is 36.4. The van der Waals surface area contributed by atoms with Crippen molar-refractivity contribution in [2.75, 3.05) is 54.5 Å². The van der Waals surface area contributed by atoms with Crippen LogP contribution in [0.3, 0.4) is 0 Å². The summed E-state index contributed by atoms with van der Waals surface area (Å²) in [4.78, 5) is 40.1. The lowest BCUT2D eigenvalue weighted by molar-refractivity contribution is -0.151. The largest absolute Gasteiger partial charge is 0.495 e. The van der Waals surface area contributed by atoms with E-state index >= 15 is 0 Å². The molecule has 1 fully saturated rings. The Morgan fingerprint density at radius 3 is 2.28 bits per heavy atom. The molecule has 11 heteroatoms. The zero-order chi connectivity index (χ0) is 24.1. The van der Waals surface area contributed by atoms with E-state index in [1.165, 1.54) is 51.4 Å². The first-order valence-electron chi connectivity index (χ1n) is 10.3. The van der Waals surface area contributed by atoms with Crippen molar-refractivity contribution in [3.63, 3.8) is 0 Å². The van der Waals surface area contributed by atoms with E-state index in [2.05, 4.69) is 0 Å². The first kappa shape index (κ1) is 25.6. The number of carbonyl (C=O) groups excluding carboxylic acids is 3. The molecule has 0 atom stereocenters. The molecule has 0 saturated carbocycles. The van der Waals surface area contributed by atoms with Gasteiger partial charge in [-0.05, 0) is 38.0 Å². The van der Waals surface area contributed by atoms with Gasteiger partial charge in [-0.3, -0.25) is 14.4 Å². The van der Waals surface area contributed by atoms with E-state index in [0.717, 1.165) is 4.31 Å². The number of hydrogen-bond donors (Lipinski definition) is 0. The molecule has 0 aliphatic carbocycles. The summed E-state index contributed by atoms with van der Waals surface area (Å²) in [5.41, 5.74) is 0.127. The van der Waals surface area contributed by atoms with Crippen LogP contribution in [0, 0.1) is 5.92 Å². The first-order chi connectivity index (χ1) is 15.0. The van der Waals surface area contributed by atoms with Crippen LogP contribution in [-0.2, 0) is 24.3 Å². The van der Waals surface area contributed by atoms with Crippen molar-refractivity contribution in [3.05, 3.63) is 23.8 Å². The summed E-state index contributed by atoms with van der Waals surface area (Å²) in [7, 11) is 1.77. The minimum absolute atomic E-state index is 0.124. The maximum atomic E-state index is 12.9. The number of esters is 1. The maximum absolute atomic E-state index is 12.9. The Labute approximate surface area is 189 Å². The van der Waals surface area contributed by atoms with Gasteiger partial charge in [0.15, 0.2) is 0 Å². The van der Waals surface area contributed by atoms with E-state index in [1.54, 1.807) is 11.8 Å². The van der Waals surface area contributed by atoms with Gasteiger partial charge in [-0.2, -0.15) is 0 Å². The second kappa shape index (κ2) is 10.8. The van der Waals surface area contributed by atoms with Gasteiger partial charge in [0.2, 0.25) is 15.9 Å². The number of likely N-dealkylation sites (tertiary alicyclic amines) is 1. The Kier molecular flexibility index (Phi) is 8.62. The molecular weight excluding hydrogens is 438 g/mol. The molecule has 1 saturated heterocycles. The second-order valence-electron chi connectivity index (χ2n) is 7.72. The third kappa shape index (κ3) is 5.77. The van der Waals surface area contributed by atoms with E-state index in [9.17, 15) is 22.8 Å². The van der Waals surface area contributed by atoms with E-state index in [-0.39, 0.29) is 40.5 Å². The molecular formula is C21H31N3O7S. The summed E-state index contributed by atoms with van der Waals surface area (Å²) in [6.07, 6.45) is 1.04. The normalized spacial score (nSPS) is 14.9. The van der Waals surface area contributed by atoms with Gasteiger partial charge in [0.1, 0.15) is 10.6 Å². The summed E-state index contributed by atoms with van der Waals surface area (Å²) in [5.74, 6) is -1.06. The Hall–Kier alpha value is -2.66. The number of nitrogens with zero attached hydrogens (tertiary/aromatic N) is 3. The van der Waals surface area contributed by atoms with Crippen molar-refractivity contribution in [2.45, 2.75) is 24.7 Å². The average molecular weight is 470 g/mol. The third-order valence-corrected chi connectivity index (χ3v) is 7.19. The van der Waals surface area contributed by atoms with Gasteiger partial charge in [-0.15, -0.1) is 0 Å². The minimum Gasteiger partial charge on any atom is -0.495 e. The third-order valence-electron chi connectivity index (χ3n) is 5.36. The van der Waals surface area contributed by atoms with Crippen molar-refractivity contribution >= 4 is 27.8 Å². The number of piperidine rings is 1. The summed E-state index contributed by atoms with van der Waals surface area (Å²) in [6.45, 7) is 2.75. The first-order valence-corrected chi connectivity index (χ1v) is 11.8. The van der Waals surface area contributed by atoms with Gasteiger partial charge in [0, 0.05) is 39.8 Å². The van der Waals surface area contributed by atoms with Crippen LogP contribution >= 0.6 is 0 Å². The van der Waals surface area contributed by atoms with E-state index in [1.807, 2.05) is 0 Å². The minimum atomic E-state index is -3.83. The molecule has 0 radical (unpaired) electrons. The highest BCUT2D eigenvalue weighted by molar-refractivity contribution is 7.89. The van der Waals surface area contributed by atoms with E-state index < -0.39 is 15.9 Å². The van der Waals surface area contributed by atoms with E-state index in [4.69, 9.17) is 9.47 Å². The van der Waals surface area contributed by atoms with Crippen LogP contribution in [0.4, 0.5) is 0 Å². The van der Waals surface area contributed by atoms with Crippen LogP contribution in [0.25, 0.3) is 0 Å². The van der Waals surface area contributed by atoms with Gasteiger partial charge in [-0.25, -0.2) is 12.7 Å². The highest BCUT2D eigenvalue weighted by Gasteiger charge is 2.30. The van der Waals surface area contributed by atoms with Crippen molar-refractivity contribution in [1.82, 2.24) is 14.1 Å². The van der Waals surface area contributed by atoms with Gasteiger partial charge in [-0.1, -0.05) is 0 Å². The van der Waals surface area contributed by atoms with Crippen LogP contribution < -0.4 is 4.74 Å². The molecule has 1 aromatic rings. The molecule has 10 nitrogen and oxygen atoms in total. The lowest BCUT2D eigenvalue weighted by atomic mass is 9.97. The lowest BCUT2D eigenvalue weighted by Crippen LogP contribution is -2.45. The zero-order valence-electron chi connectivity index (χ0n) is 19.2. The average Bonchev–Trinajstić information content (AvgIpc) is 2.78. The number of hydrogen-bond acceptors (Lipinski definition) is 7. The Bertz CT molecular complexity index is 954. The lowest BCUT2D eigenvalue weighted by Gasteiger charge is -2.32. The SMILES string of the molecule is CCOC(=O)C1CCN(C(=O)CN(C)C(=O)c2ccc(OC)c(S(=O)(=O)N(C)C)c2)CC1. The molecule has 2 rings (SSSR count). The molecule has 0 spiro atoms. The van der Waals surface area contributed by atoms with Crippen LogP contribution in [0.5, 0.6) is 5.75 Å². The van der Waals surface area contributed by atoms with Gasteiger partial charge in [0.25, 0.3) is 5.91 Å². The zero-order valence-corrected chi connectivity index (χ0v) is 20.0. The number of sulfonamides is 1. The molecule has 0 aromatic heterocycles. The standard InChI is InChI=1S/C21H31N3O7S/c1-6-31-21(27)15-9-11-24(12-10-15)19(25)14-23(4)20(26)16-7-8-17(30-5)18(13-16)32(28,29)22(2)3/h7-8,13,15H,6,9-12,14H2,1-5H3. The second-order valence-corrected chi connectivity index (χ2v) is 9.84. The topological polar surface area (TPSA) is 114 Å². The van der Waals surface area contributed by atoms with Crippen molar-refractivity contribution in [3.8, 4) is 5.75 Å². The molecule has 0 N–H and O–H groups in total. The summed E-state index contributed by atoms with van der Waals surface area (Å²) in [6, 6.07) is 4.13.